The Morgan fingerprint density at radius 3 is 3.09 bits per heavy atom. The molecule has 0 saturated carbocycles. The van der Waals surface area contributed by atoms with Crippen molar-refractivity contribution in [1.29, 1.82) is 0 Å². The van der Waals surface area contributed by atoms with Crippen LogP contribution in [0.25, 0.3) is 0 Å². The first-order valence-electron chi connectivity index (χ1n) is 7.55. The number of hydrogen-bond donors (Lipinski definition) is 2. The van der Waals surface area contributed by atoms with Gasteiger partial charge in [0.05, 0.1) is 18.2 Å². The zero-order valence-corrected chi connectivity index (χ0v) is 13.6. The number of anilines is 1. The molecule has 1 aliphatic heterocycles. The molecule has 0 radical (unpaired) electrons. The summed E-state index contributed by atoms with van der Waals surface area (Å²) in [5.41, 5.74) is 0.599. The highest BCUT2D eigenvalue weighted by Gasteiger charge is 2.17. The highest BCUT2D eigenvalue weighted by molar-refractivity contribution is 6.32. The number of ether oxygens (including phenoxy) is 1. The van der Waals surface area contributed by atoms with Crippen LogP contribution in [-0.2, 0) is 19.5 Å². The Bertz CT molecular complexity index is 716. The van der Waals surface area contributed by atoms with Crippen LogP contribution in [0, 0.1) is 0 Å². The zero-order chi connectivity index (χ0) is 16.2. The number of nitrogens with one attached hydrogen (secondary N) is 2. The Kier molecular flexibility index (Phi) is 4.66. The maximum atomic E-state index is 12.0. The molecule has 1 aliphatic rings. The second-order valence-corrected chi connectivity index (χ2v) is 5.58. The maximum Gasteiger partial charge on any atom is 0.319 e. The lowest BCUT2D eigenvalue weighted by Gasteiger charge is -2.10. The summed E-state index contributed by atoms with van der Waals surface area (Å²) in [6.07, 6.45) is 2.03. The fraction of sp³-hybridized carbons (Fsp3) is 0.400. The van der Waals surface area contributed by atoms with Gasteiger partial charge in [-0.25, -0.2) is 4.79 Å². The van der Waals surface area contributed by atoms with Gasteiger partial charge in [-0.15, -0.1) is 10.2 Å². The van der Waals surface area contributed by atoms with Crippen LogP contribution in [0.5, 0.6) is 5.75 Å². The van der Waals surface area contributed by atoms with Crippen LogP contribution in [0.15, 0.2) is 18.2 Å². The SMILES string of the molecule is CCOc1ccc(NC(=O)NCc2nnc3n2CCC3)cc1Cl. The number of carbonyl (C=O) groups excluding carboxylic acids is 1. The summed E-state index contributed by atoms with van der Waals surface area (Å²) in [5.74, 6) is 2.36. The van der Waals surface area contributed by atoms with Crippen molar-refractivity contribution in [2.24, 2.45) is 0 Å². The number of carbonyl (C=O) groups is 1. The zero-order valence-electron chi connectivity index (χ0n) is 12.8. The van der Waals surface area contributed by atoms with Gasteiger partial charge in [0.25, 0.3) is 0 Å². The van der Waals surface area contributed by atoms with Gasteiger partial charge < -0.3 is 19.9 Å². The molecular weight excluding hydrogens is 318 g/mol. The minimum Gasteiger partial charge on any atom is -0.492 e. The third-order valence-electron chi connectivity index (χ3n) is 3.58. The van der Waals surface area contributed by atoms with E-state index in [1.54, 1.807) is 18.2 Å². The van der Waals surface area contributed by atoms with E-state index in [1.165, 1.54) is 0 Å². The van der Waals surface area contributed by atoms with E-state index >= 15 is 0 Å². The Hall–Kier alpha value is -2.28. The molecule has 2 heterocycles. The van der Waals surface area contributed by atoms with Gasteiger partial charge >= 0.3 is 6.03 Å². The minimum absolute atomic E-state index is 0.319. The first-order chi connectivity index (χ1) is 11.2. The molecule has 122 valence electrons. The molecule has 0 fully saturated rings. The predicted octanol–water partition coefficient (Wildman–Crippen LogP) is 2.60. The summed E-state index contributed by atoms with van der Waals surface area (Å²) in [6.45, 7) is 3.67. The molecule has 0 unspecified atom stereocenters. The van der Waals surface area contributed by atoms with Gasteiger partial charge in [0.2, 0.25) is 0 Å². The summed E-state index contributed by atoms with van der Waals surface area (Å²) in [7, 11) is 0. The number of urea groups is 1. The van der Waals surface area contributed by atoms with Crippen LogP contribution in [0.1, 0.15) is 25.0 Å². The number of aromatic nitrogens is 3. The van der Waals surface area contributed by atoms with E-state index in [0.29, 0.717) is 29.6 Å². The number of nitrogens with zero attached hydrogens (tertiary/aromatic N) is 3. The summed E-state index contributed by atoms with van der Waals surface area (Å²) >= 11 is 6.10. The molecule has 2 aromatic rings. The normalized spacial score (nSPS) is 12.8. The largest absolute Gasteiger partial charge is 0.492 e. The van der Waals surface area contributed by atoms with E-state index in [2.05, 4.69) is 20.8 Å². The van der Waals surface area contributed by atoms with Crippen LogP contribution < -0.4 is 15.4 Å². The lowest BCUT2D eigenvalue weighted by Crippen LogP contribution is -2.29. The molecule has 0 bridgehead atoms. The fourth-order valence-electron chi connectivity index (χ4n) is 2.53. The topological polar surface area (TPSA) is 81.1 Å². The number of fused-ring (bicyclic) bond motifs is 1. The number of amides is 2. The second kappa shape index (κ2) is 6.87. The Labute approximate surface area is 139 Å². The lowest BCUT2D eigenvalue weighted by molar-refractivity contribution is 0.251. The average molecular weight is 336 g/mol. The van der Waals surface area contributed by atoms with Crippen molar-refractivity contribution in [3.8, 4) is 5.75 Å². The van der Waals surface area contributed by atoms with Crippen LogP contribution in [0.4, 0.5) is 10.5 Å². The van der Waals surface area contributed by atoms with E-state index in [0.717, 1.165) is 31.0 Å². The third-order valence-corrected chi connectivity index (χ3v) is 3.88. The molecule has 0 atom stereocenters. The minimum atomic E-state index is -0.319. The van der Waals surface area contributed by atoms with Gasteiger partial charge in [-0.3, -0.25) is 0 Å². The second-order valence-electron chi connectivity index (χ2n) is 5.17. The molecule has 2 amide bonds. The van der Waals surface area contributed by atoms with Gasteiger partial charge in [-0.2, -0.15) is 0 Å². The average Bonchev–Trinajstić information content (AvgIpc) is 3.12. The van der Waals surface area contributed by atoms with E-state index in [1.807, 2.05) is 11.5 Å². The van der Waals surface area contributed by atoms with E-state index in [4.69, 9.17) is 16.3 Å². The molecule has 0 saturated heterocycles. The molecule has 8 heteroatoms. The van der Waals surface area contributed by atoms with Crippen LogP contribution in [0.2, 0.25) is 5.02 Å². The van der Waals surface area contributed by atoms with Crippen molar-refractivity contribution in [3.05, 3.63) is 34.9 Å². The molecule has 0 aliphatic carbocycles. The summed E-state index contributed by atoms with van der Waals surface area (Å²) in [5, 5.41) is 14.2. The lowest BCUT2D eigenvalue weighted by atomic mass is 10.3. The molecule has 1 aromatic heterocycles. The summed E-state index contributed by atoms with van der Waals surface area (Å²) < 4.78 is 7.41. The molecule has 7 nitrogen and oxygen atoms in total. The monoisotopic (exact) mass is 335 g/mol. The van der Waals surface area contributed by atoms with Gasteiger partial charge in [0, 0.05) is 18.7 Å². The van der Waals surface area contributed by atoms with Gasteiger partial charge in [-0.1, -0.05) is 11.6 Å². The van der Waals surface area contributed by atoms with E-state index in [-0.39, 0.29) is 6.03 Å². The number of halogens is 1. The molecule has 1 aromatic carbocycles. The van der Waals surface area contributed by atoms with Crippen LogP contribution >= 0.6 is 11.6 Å². The standard InChI is InChI=1S/C15H18ClN5O2/c1-2-23-12-6-5-10(8-11(12)16)18-15(22)17-9-14-20-19-13-4-3-7-21(13)14/h5-6,8H,2-4,7,9H2,1H3,(H2,17,18,22). The Morgan fingerprint density at radius 1 is 1.43 bits per heavy atom. The van der Waals surface area contributed by atoms with Crippen molar-refractivity contribution in [3.63, 3.8) is 0 Å². The smallest absolute Gasteiger partial charge is 0.319 e. The van der Waals surface area contributed by atoms with Gasteiger partial charge in [-0.05, 0) is 31.5 Å². The van der Waals surface area contributed by atoms with Crippen molar-refractivity contribution in [2.75, 3.05) is 11.9 Å². The molecule has 0 spiro atoms. The third kappa shape index (κ3) is 3.56. The number of hydrogen-bond acceptors (Lipinski definition) is 4. The van der Waals surface area contributed by atoms with Crippen molar-refractivity contribution < 1.29 is 9.53 Å². The first-order valence-corrected chi connectivity index (χ1v) is 7.93. The summed E-state index contributed by atoms with van der Waals surface area (Å²) in [4.78, 5) is 12.0. The molecule has 2 N–H and O–H groups in total. The Balaban J connectivity index is 1.56. The van der Waals surface area contributed by atoms with Crippen LogP contribution in [0.3, 0.4) is 0 Å². The Morgan fingerprint density at radius 2 is 2.30 bits per heavy atom. The quantitative estimate of drug-likeness (QED) is 0.880. The number of benzene rings is 1. The maximum absolute atomic E-state index is 12.0. The fourth-order valence-corrected chi connectivity index (χ4v) is 2.76. The predicted molar refractivity (Wildman–Crippen MR) is 86.8 cm³/mol. The van der Waals surface area contributed by atoms with Crippen molar-refractivity contribution in [1.82, 2.24) is 20.1 Å². The summed E-state index contributed by atoms with van der Waals surface area (Å²) in [6, 6.07) is 4.81. The first kappa shape index (κ1) is 15.6. The highest BCUT2D eigenvalue weighted by Crippen LogP contribution is 2.27. The van der Waals surface area contributed by atoms with Gasteiger partial charge in [0.1, 0.15) is 11.6 Å². The highest BCUT2D eigenvalue weighted by atomic mass is 35.5. The van der Waals surface area contributed by atoms with Gasteiger partial charge in [0.15, 0.2) is 5.82 Å². The molecule has 3 rings (SSSR count). The van der Waals surface area contributed by atoms with E-state index < -0.39 is 0 Å². The van der Waals surface area contributed by atoms with E-state index in [9.17, 15) is 4.79 Å². The van der Waals surface area contributed by atoms with Crippen LogP contribution in [-0.4, -0.2) is 27.4 Å². The number of aryl methyl sites for hydroxylation is 1. The van der Waals surface area contributed by atoms with Crippen molar-refractivity contribution >= 4 is 23.3 Å². The molecule has 23 heavy (non-hydrogen) atoms. The van der Waals surface area contributed by atoms with Crippen molar-refractivity contribution in [2.45, 2.75) is 32.9 Å². The molecular formula is C15H18ClN5O2. The number of rotatable bonds is 5.